The highest BCUT2D eigenvalue weighted by Gasteiger charge is 2.14. The van der Waals surface area contributed by atoms with Crippen LogP contribution in [0, 0.1) is 0 Å². The molecule has 0 aromatic heterocycles. The van der Waals surface area contributed by atoms with Gasteiger partial charge in [0.2, 0.25) is 11.8 Å². The van der Waals surface area contributed by atoms with Gasteiger partial charge in [-0.25, -0.2) is 0 Å². The van der Waals surface area contributed by atoms with Gasteiger partial charge in [-0.1, -0.05) is 0 Å². The van der Waals surface area contributed by atoms with E-state index in [0.29, 0.717) is 13.1 Å². The summed E-state index contributed by atoms with van der Waals surface area (Å²) in [4.78, 5) is 22.9. The van der Waals surface area contributed by atoms with E-state index in [2.05, 4.69) is 10.6 Å². The topological polar surface area (TPSA) is 93.4 Å². The molecule has 0 aromatic carbocycles. The summed E-state index contributed by atoms with van der Waals surface area (Å²) in [5.41, 5.74) is 5.16. The number of ether oxygens (including phenoxy) is 1. The van der Waals surface area contributed by atoms with Crippen LogP contribution in [0.5, 0.6) is 0 Å². The van der Waals surface area contributed by atoms with Crippen molar-refractivity contribution in [3.8, 4) is 0 Å². The van der Waals surface area contributed by atoms with Gasteiger partial charge in [0, 0.05) is 32.2 Å². The molecule has 0 spiro atoms. The van der Waals surface area contributed by atoms with E-state index in [-0.39, 0.29) is 36.3 Å². The van der Waals surface area contributed by atoms with Gasteiger partial charge in [0.25, 0.3) is 0 Å². The van der Waals surface area contributed by atoms with Gasteiger partial charge in [0.1, 0.15) is 0 Å². The van der Waals surface area contributed by atoms with Crippen LogP contribution in [0.4, 0.5) is 0 Å². The number of hydrogen-bond acceptors (Lipinski definition) is 4. The average molecular weight is 259 g/mol. The zero-order valence-corrected chi connectivity index (χ0v) is 11.7. The van der Waals surface area contributed by atoms with E-state index in [0.717, 1.165) is 0 Å². The van der Waals surface area contributed by atoms with Crippen molar-refractivity contribution in [1.82, 2.24) is 10.6 Å². The minimum atomic E-state index is -0.270. The Balaban J connectivity index is 3.78. The van der Waals surface area contributed by atoms with Gasteiger partial charge in [0.05, 0.1) is 12.5 Å². The first-order valence-electron chi connectivity index (χ1n) is 6.09. The molecule has 0 saturated heterocycles. The number of nitrogens with one attached hydrogen (secondary N) is 2. The van der Waals surface area contributed by atoms with Crippen molar-refractivity contribution < 1.29 is 14.3 Å². The summed E-state index contributed by atoms with van der Waals surface area (Å²) < 4.78 is 5.00. The molecule has 1 unspecified atom stereocenters. The first kappa shape index (κ1) is 16.9. The van der Waals surface area contributed by atoms with E-state index in [9.17, 15) is 9.59 Å². The van der Waals surface area contributed by atoms with E-state index < -0.39 is 0 Å². The fraction of sp³-hybridized carbons (Fsp3) is 0.833. The van der Waals surface area contributed by atoms with E-state index in [1.807, 2.05) is 20.8 Å². The first-order valence-corrected chi connectivity index (χ1v) is 6.09. The Morgan fingerprint density at radius 2 is 1.89 bits per heavy atom. The van der Waals surface area contributed by atoms with Crippen molar-refractivity contribution in [3.63, 3.8) is 0 Å². The number of nitrogens with two attached hydrogens (primary N) is 1. The molecule has 0 bridgehead atoms. The van der Waals surface area contributed by atoms with Crippen LogP contribution in [0.2, 0.25) is 0 Å². The third-order valence-corrected chi connectivity index (χ3v) is 2.20. The largest absolute Gasteiger partial charge is 0.380 e. The van der Waals surface area contributed by atoms with Gasteiger partial charge in [0.15, 0.2) is 0 Å². The maximum atomic E-state index is 11.5. The molecule has 0 fully saturated rings. The van der Waals surface area contributed by atoms with Gasteiger partial charge in [-0.15, -0.1) is 0 Å². The standard InChI is InChI=1S/C12H25N3O3/c1-12(2,3)15-10(16)5-6-14-11(17)7-9(8-13)18-4/h9H,5-8,13H2,1-4H3,(H,14,17)(H,15,16). The molecule has 4 N–H and O–H groups in total. The minimum absolute atomic E-state index is 0.0788. The second-order valence-corrected chi connectivity index (χ2v) is 5.20. The predicted octanol–water partition coefficient (Wildman–Crippen LogP) is -0.229. The fourth-order valence-corrected chi connectivity index (χ4v) is 1.34. The van der Waals surface area contributed by atoms with Gasteiger partial charge < -0.3 is 21.1 Å². The molecule has 0 radical (unpaired) electrons. The summed E-state index contributed by atoms with van der Waals surface area (Å²) in [6, 6.07) is 0. The second kappa shape index (κ2) is 8.05. The Bertz CT molecular complexity index is 270. The zero-order valence-electron chi connectivity index (χ0n) is 11.7. The number of carbonyl (C=O) groups is 2. The van der Waals surface area contributed by atoms with Crippen LogP contribution < -0.4 is 16.4 Å². The smallest absolute Gasteiger partial charge is 0.222 e. The normalized spacial score (nSPS) is 12.9. The Morgan fingerprint density at radius 3 is 2.33 bits per heavy atom. The summed E-state index contributed by atoms with van der Waals surface area (Å²) in [6.45, 7) is 6.35. The van der Waals surface area contributed by atoms with Gasteiger partial charge in [-0.05, 0) is 20.8 Å². The summed E-state index contributed by atoms with van der Waals surface area (Å²) in [7, 11) is 1.52. The molecule has 0 rings (SSSR count). The van der Waals surface area contributed by atoms with Crippen molar-refractivity contribution in [2.45, 2.75) is 45.3 Å². The summed E-state index contributed by atoms with van der Waals surface area (Å²) >= 11 is 0. The SMILES string of the molecule is COC(CN)CC(=O)NCCC(=O)NC(C)(C)C. The summed E-state index contributed by atoms with van der Waals surface area (Å²) in [5, 5.41) is 5.48. The zero-order chi connectivity index (χ0) is 14.2. The lowest BCUT2D eigenvalue weighted by Crippen LogP contribution is -2.42. The van der Waals surface area contributed by atoms with Crippen molar-refractivity contribution in [2.75, 3.05) is 20.2 Å². The first-order chi connectivity index (χ1) is 8.28. The highest BCUT2D eigenvalue weighted by molar-refractivity contribution is 5.79. The fourth-order valence-electron chi connectivity index (χ4n) is 1.34. The monoisotopic (exact) mass is 259 g/mol. The predicted molar refractivity (Wildman–Crippen MR) is 70.0 cm³/mol. The summed E-state index contributed by atoms with van der Waals surface area (Å²) in [6.07, 6.45) is 0.213. The molecule has 0 heterocycles. The third-order valence-electron chi connectivity index (χ3n) is 2.20. The Hall–Kier alpha value is -1.14. The molecule has 18 heavy (non-hydrogen) atoms. The van der Waals surface area contributed by atoms with E-state index in [1.54, 1.807) is 0 Å². The molecular weight excluding hydrogens is 234 g/mol. The van der Waals surface area contributed by atoms with Crippen molar-refractivity contribution in [2.24, 2.45) is 5.73 Å². The number of methoxy groups -OCH3 is 1. The van der Waals surface area contributed by atoms with Gasteiger partial charge in [-0.3, -0.25) is 9.59 Å². The van der Waals surface area contributed by atoms with Crippen molar-refractivity contribution in [3.05, 3.63) is 0 Å². The summed E-state index contributed by atoms with van der Waals surface area (Å²) in [5.74, 6) is -0.235. The molecule has 106 valence electrons. The van der Waals surface area contributed by atoms with Crippen LogP contribution in [-0.4, -0.2) is 43.7 Å². The van der Waals surface area contributed by atoms with Crippen molar-refractivity contribution in [1.29, 1.82) is 0 Å². The van der Waals surface area contributed by atoms with Crippen molar-refractivity contribution >= 4 is 11.8 Å². The number of carbonyl (C=O) groups excluding carboxylic acids is 2. The molecule has 0 aliphatic carbocycles. The molecule has 0 aromatic rings. The van der Waals surface area contributed by atoms with Crippen LogP contribution in [0.15, 0.2) is 0 Å². The lowest BCUT2D eigenvalue weighted by atomic mass is 10.1. The molecule has 6 nitrogen and oxygen atoms in total. The molecule has 2 amide bonds. The van der Waals surface area contributed by atoms with Crippen LogP contribution in [0.3, 0.4) is 0 Å². The highest BCUT2D eigenvalue weighted by Crippen LogP contribution is 1.99. The van der Waals surface area contributed by atoms with Crippen LogP contribution in [0.25, 0.3) is 0 Å². The molecular formula is C12H25N3O3. The second-order valence-electron chi connectivity index (χ2n) is 5.20. The van der Waals surface area contributed by atoms with E-state index in [1.165, 1.54) is 7.11 Å². The Labute approximate surface area is 109 Å². The number of amides is 2. The minimum Gasteiger partial charge on any atom is -0.380 e. The average Bonchev–Trinajstić information content (AvgIpc) is 2.23. The quantitative estimate of drug-likeness (QED) is 0.589. The van der Waals surface area contributed by atoms with Gasteiger partial charge in [-0.2, -0.15) is 0 Å². The van der Waals surface area contributed by atoms with Crippen LogP contribution in [-0.2, 0) is 14.3 Å². The van der Waals surface area contributed by atoms with E-state index in [4.69, 9.17) is 10.5 Å². The van der Waals surface area contributed by atoms with Gasteiger partial charge >= 0.3 is 0 Å². The lowest BCUT2D eigenvalue weighted by Gasteiger charge is -2.20. The number of rotatable bonds is 7. The van der Waals surface area contributed by atoms with E-state index >= 15 is 0 Å². The van der Waals surface area contributed by atoms with Crippen LogP contribution in [0.1, 0.15) is 33.6 Å². The molecule has 0 aliphatic heterocycles. The molecule has 0 aliphatic rings. The third kappa shape index (κ3) is 8.95. The molecule has 1 atom stereocenters. The Morgan fingerprint density at radius 1 is 1.28 bits per heavy atom. The Kier molecular flexibility index (Phi) is 7.54. The van der Waals surface area contributed by atoms with Crippen LogP contribution >= 0.6 is 0 Å². The maximum absolute atomic E-state index is 11.5. The molecule has 6 heteroatoms. The molecule has 0 saturated carbocycles. The lowest BCUT2D eigenvalue weighted by molar-refractivity contribution is -0.124. The highest BCUT2D eigenvalue weighted by atomic mass is 16.5. The maximum Gasteiger partial charge on any atom is 0.222 e. The number of hydrogen-bond donors (Lipinski definition) is 3.